The number of rotatable bonds is 1. The van der Waals surface area contributed by atoms with Gasteiger partial charge in [0, 0.05) is 7.05 Å². The van der Waals surface area contributed by atoms with E-state index in [0.717, 1.165) is 0 Å². The van der Waals surface area contributed by atoms with Gasteiger partial charge < -0.3 is 5.32 Å². The molecule has 0 unspecified atom stereocenters. The Balaban J connectivity index is 2.74. The van der Waals surface area contributed by atoms with Crippen molar-refractivity contribution in [3.63, 3.8) is 0 Å². The highest BCUT2D eigenvalue weighted by molar-refractivity contribution is 7.15. The molecule has 0 spiro atoms. The van der Waals surface area contributed by atoms with E-state index in [-0.39, 0.29) is 5.13 Å². The summed E-state index contributed by atoms with van der Waals surface area (Å²) >= 11 is 0.375. The van der Waals surface area contributed by atoms with Gasteiger partial charge in [-0.3, -0.25) is 5.32 Å². The predicted molar refractivity (Wildman–Crippen MR) is 45.2 cm³/mol. The first-order chi connectivity index (χ1) is 6.43. The Labute approximate surface area is 81.1 Å². The SMILES string of the molecule is CNC(=O)Nc1ncc(C(F)(F)F)s1. The van der Waals surface area contributed by atoms with Crippen molar-refractivity contribution in [2.75, 3.05) is 12.4 Å². The lowest BCUT2D eigenvalue weighted by Gasteiger charge is -2.00. The lowest BCUT2D eigenvalue weighted by Crippen LogP contribution is -2.24. The summed E-state index contributed by atoms with van der Waals surface area (Å²) in [6.07, 6.45) is -3.74. The first-order valence-electron chi connectivity index (χ1n) is 3.45. The van der Waals surface area contributed by atoms with Crippen LogP contribution in [0.2, 0.25) is 0 Å². The molecule has 1 aromatic rings. The van der Waals surface area contributed by atoms with Crippen LogP contribution in [0.4, 0.5) is 23.1 Å². The summed E-state index contributed by atoms with van der Waals surface area (Å²) < 4.78 is 36.2. The molecule has 78 valence electrons. The highest BCUT2D eigenvalue weighted by Gasteiger charge is 2.33. The number of amides is 2. The average Bonchev–Trinajstić information content (AvgIpc) is 2.51. The van der Waals surface area contributed by atoms with Gasteiger partial charge in [-0.1, -0.05) is 11.3 Å². The van der Waals surface area contributed by atoms with Gasteiger partial charge in [0.25, 0.3) is 0 Å². The molecule has 14 heavy (non-hydrogen) atoms. The summed E-state index contributed by atoms with van der Waals surface area (Å²) in [5.41, 5.74) is 0. The van der Waals surface area contributed by atoms with E-state index in [9.17, 15) is 18.0 Å². The van der Waals surface area contributed by atoms with Crippen LogP contribution in [0.1, 0.15) is 4.88 Å². The predicted octanol–water partition coefficient (Wildman–Crippen LogP) is 1.91. The summed E-state index contributed by atoms with van der Waals surface area (Å²) in [7, 11) is 1.35. The molecule has 0 aliphatic carbocycles. The van der Waals surface area contributed by atoms with Crippen LogP contribution < -0.4 is 10.6 Å². The second kappa shape index (κ2) is 3.82. The van der Waals surface area contributed by atoms with Gasteiger partial charge in [0.2, 0.25) is 0 Å². The minimum absolute atomic E-state index is 0.0864. The van der Waals surface area contributed by atoms with Crippen molar-refractivity contribution in [2.45, 2.75) is 6.18 Å². The number of nitrogens with one attached hydrogen (secondary N) is 2. The number of hydrogen-bond donors (Lipinski definition) is 2. The van der Waals surface area contributed by atoms with Crippen LogP contribution in [0.25, 0.3) is 0 Å². The zero-order valence-corrected chi connectivity index (χ0v) is 7.79. The summed E-state index contributed by atoms with van der Waals surface area (Å²) in [4.78, 5) is 13.3. The van der Waals surface area contributed by atoms with Crippen molar-refractivity contribution in [1.82, 2.24) is 10.3 Å². The van der Waals surface area contributed by atoms with Gasteiger partial charge in [-0.05, 0) is 0 Å². The molecule has 0 fully saturated rings. The van der Waals surface area contributed by atoms with Crippen molar-refractivity contribution in [3.05, 3.63) is 11.1 Å². The summed E-state index contributed by atoms with van der Waals surface area (Å²) in [6.45, 7) is 0. The van der Waals surface area contributed by atoms with E-state index in [2.05, 4.69) is 15.6 Å². The molecule has 1 aromatic heterocycles. The Morgan fingerprint density at radius 2 is 2.21 bits per heavy atom. The third kappa shape index (κ3) is 2.59. The molecule has 0 saturated carbocycles. The quantitative estimate of drug-likeness (QED) is 0.767. The minimum atomic E-state index is -4.42. The van der Waals surface area contributed by atoms with Crippen LogP contribution >= 0.6 is 11.3 Å². The molecule has 0 saturated heterocycles. The number of thiazole rings is 1. The number of nitrogens with zero attached hydrogens (tertiary/aromatic N) is 1. The average molecular weight is 225 g/mol. The molecule has 0 aliphatic rings. The zero-order chi connectivity index (χ0) is 10.8. The van der Waals surface area contributed by atoms with E-state index >= 15 is 0 Å². The molecule has 0 radical (unpaired) electrons. The zero-order valence-electron chi connectivity index (χ0n) is 6.97. The molecule has 0 bridgehead atoms. The number of carbonyl (C=O) groups is 1. The van der Waals surface area contributed by atoms with E-state index in [4.69, 9.17) is 0 Å². The Hall–Kier alpha value is -1.31. The smallest absolute Gasteiger partial charge is 0.341 e. The topological polar surface area (TPSA) is 54.0 Å². The second-order valence-electron chi connectivity index (χ2n) is 2.23. The Kier molecular flexibility index (Phi) is 2.94. The molecule has 8 heteroatoms. The van der Waals surface area contributed by atoms with Gasteiger partial charge in [0.15, 0.2) is 5.13 Å². The van der Waals surface area contributed by atoms with E-state index in [0.29, 0.717) is 17.5 Å². The first-order valence-corrected chi connectivity index (χ1v) is 4.27. The molecule has 0 aromatic carbocycles. The molecule has 4 nitrogen and oxygen atoms in total. The number of carbonyl (C=O) groups excluding carboxylic acids is 1. The fraction of sp³-hybridized carbons (Fsp3) is 0.333. The number of halogens is 3. The Morgan fingerprint density at radius 1 is 1.57 bits per heavy atom. The number of urea groups is 1. The molecule has 0 aliphatic heterocycles. The largest absolute Gasteiger partial charge is 0.427 e. The molecule has 2 N–H and O–H groups in total. The molecule has 1 rings (SSSR count). The van der Waals surface area contributed by atoms with Crippen molar-refractivity contribution < 1.29 is 18.0 Å². The van der Waals surface area contributed by atoms with Gasteiger partial charge in [-0.2, -0.15) is 13.2 Å². The maximum atomic E-state index is 12.1. The van der Waals surface area contributed by atoms with Gasteiger partial charge in [0.1, 0.15) is 4.88 Å². The van der Waals surface area contributed by atoms with Gasteiger partial charge in [-0.15, -0.1) is 0 Å². The monoisotopic (exact) mass is 225 g/mol. The van der Waals surface area contributed by atoms with Crippen molar-refractivity contribution in [3.8, 4) is 0 Å². The van der Waals surface area contributed by atoms with Crippen LogP contribution in [0.3, 0.4) is 0 Å². The van der Waals surface area contributed by atoms with Crippen LogP contribution in [-0.2, 0) is 6.18 Å². The molecular weight excluding hydrogens is 219 g/mol. The van der Waals surface area contributed by atoms with Gasteiger partial charge in [0.05, 0.1) is 6.20 Å². The third-order valence-electron chi connectivity index (χ3n) is 1.23. The van der Waals surface area contributed by atoms with E-state index < -0.39 is 17.1 Å². The Morgan fingerprint density at radius 3 is 2.64 bits per heavy atom. The fourth-order valence-electron chi connectivity index (χ4n) is 0.623. The van der Waals surface area contributed by atoms with Crippen molar-refractivity contribution in [2.24, 2.45) is 0 Å². The summed E-state index contributed by atoms with van der Waals surface area (Å²) in [6, 6.07) is -0.604. The van der Waals surface area contributed by atoms with E-state index in [1.807, 2.05) is 0 Å². The molecular formula is C6H6F3N3OS. The first kappa shape index (κ1) is 10.8. The lowest BCUT2D eigenvalue weighted by atomic mass is 10.5. The maximum Gasteiger partial charge on any atom is 0.427 e. The third-order valence-corrected chi connectivity index (χ3v) is 2.19. The van der Waals surface area contributed by atoms with E-state index in [1.165, 1.54) is 7.05 Å². The molecule has 2 amide bonds. The fourth-order valence-corrected chi connectivity index (χ4v) is 1.30. The normalized spacial score (nSPS) is 11.1. The lowest BCUT2D eigenvalue weighted by molar-refractivity contribution is -0.134. The van der Waals surface area contributed by atoms with Crippen molar-refractivity contribution >= 4 is 22.5 Å². The maximum absolute atomic E-state index is 12.1. The standard InChI is InChI=1S/C6H6F3N3OS/c1-10-4(13)12-5-11-2-3(14-5)6(7,8)9/h2H,1H3,(H2,10,11,12,13). The Bertz CT molecular complexity index is 335. The second-order valence-corrected chi connectivity index (χ2v) is 3.26. The number of aromatic nitrogens is 1. The molecule has 0 atom stereocenters. The van der Waals surface area contributed by atoms with Crippen LogP contribution in [0, 0.1) is 0 Å². The minimum Gasteiger partial charge on any atom is -0.341 e. The molecule has 1 heterocycles. The van der Waals surface area contributed by atoms with Gasteiger partial charge >= 0.3 is 12.2 Å². The van der Waals surface area contributed by atoms with E-state index in [1.54, 1.807) is 0 Å². The van der Waals surface area contributed by atoms with Crippen LogP contribution in [0.5, 0.6) is 0 Å². The van der Waals surface area contributed by atoms with Gasteiger partial charge in [-0.25, -0.2) is 9.78 Å². The summed E-state index contributed by atoms with van der Waals surface area (Å²) in [5.74, 6) is 0. The van der Waals surface area contributed by atoms with Crippen LogP contribution in [-0.4, -0.2) is 18.1 Å². The van der Waals surface area contributed by atoms with Crippen molar-refractivity contribution in [1.29, 1.82) is 0 Å². The summed E-state index contributed by atoms with van der Waals surface area (Å²) in [5, 5.41) is 4.25. The highest BCUT2D eigenvalue weighted by Crippen LogP contribution is 2.34. The van der Waals surface area contributed by atoms with Crippen LogP contribution in [0.15, 0.2) is 6.20 Å². The highest BCUT2D eigenvalue weighted by atomic mass is 32.1. The number of alkyl halides is 3. The number of hydrogen-bond acceptors (Lipinski definition) is 3. The number of anilines is 1.